The van der Waals surface area contributed by atoms with Gasteiger partial charge in [-0.25, -0.2) is 9.67 Å². The van der Waals surface area contributed by atoms with Crippen LogP contribution in [0, 0.1) is 0 Å². The SMILES string of the molecule is Nc1ccc2cnn(-c3nccc4ccccc34)c2c1. The van der Waals surface area contributed by atoms with Gasteiger partial charge >= 0.3 is 0 Å². The first-order chi connectivity index (χ1) is 9.83. The molecule has 0 amide bonds. The molecule has 0 spiro atoms. The zero-order valence-corrected chi connectivity index (χ0v) is 10.7. The summed E-state index contributed by atoms with van der Waals surface area (Å²) in [5, 5.41) is 7.72. The van der Waals surface area contributed by atoms with E-state index in [-0.39, 0.29) is 0 Å². The zero-order valence-electron chi connectivity index (χ0n) is 10.7. The first-order valence-corrected chi connectivity index (χ1v) is 6.40. The molecule has 0 saturated heterocycles. The van der Waals surface area contributed by atoms with E-state index in [1.54, 1.807) is 6.20 Å². The van der Waals surface area contributed by atoms with Gasteiger partial charge < -0.3 is 5.73 Å². The van der Waals surface area contributed by atoms with Crippen LogP contribution in [0.5, 0.6) is 0 Å². The molecule has 2 aromatic carbocycles. The Morgan fingerprint density at radius 2 is 1.85 bits per heavy atom. The normalized spacial score (nSPS) is 11.2. The van der Waals surface area contributed by atoms with Crippen LogP contribution in [-0.2, 0) is 0 Å². The topological polar surface area (TPSA) is 56.7 Å². The molecule has 4 heteroatoms. The number of fused-ring (bicyclic) bond motifs is 2. The molecule has 0 bridgehead atoms. The van der Waals surface area contributed by atoms with Gasteiger partial charge in [0.2, 0.25) is 0 Å². The van der Waals surface area contributed by atoms with Crippen molar-refractivity contribution in [2.45, 2.75) is 0 Å². The minimum Gasteiger partial charge on any atom is -0.399 e. The van der Waals surface area contributed by atoms with Crippen molar-refractivity contribution < 1.29 is 0 Å². The summed E-state index contributed by atoms with van der Waals surface area (Å²) >= 11 is 0. The molecular formula is C16H12N4. The molecular weight excluding hydrogens is 248 g/mol. The van der Waals surface area contributed by atoms with Crippen molar-refractivity contribution in [1.29, 1.82) is 0 Å². The lowest BCUT2D eigenvalue weighted by molar-refractivity contribution is 0.884. The molecule has 4 aromatic rings. The van der Waals surface area contributed by atoms with Crippen molar-refractivity contribution in [1.82, 2.24) is 14.8 Å². The lowest BCUT2D eigenvalue weighted by atomic mass is 10.1. The lowest BCUT2D eigenvalue weighted by Gasteiger charge is -2.07. The Bertz CT molecular complexity index is 919. The van der Waals surface area contributed by atoms with Crippen molar-refractivity contribution >= 4 is 27.4 Å². The molecule has 0 aliphatic carbocycles. The number of hydrogen-bond acceptors (Lipinski definition) is 3. The van der Waals surface area contributed by atoms with Crippen molar-refractivity contribution in [2.24, 2.45) is 0 Å². The zero-order chi connectivity index (χ0) is 13.5. The molecule has 2 N–H and O–H groups in total. The van der Waals surface area contributed by atoms with E-state index in [1.165, 1.54) is 0 Å². The van der Waals surface area contributed by atoms with Crippen LogP contribution >= 0.6 is 0 Å². The number of anilines is 1. The first-order valence-electron chi connectivity index (χ1n) is 6.40. The van der Waals surface area contributed by atoms with Crippen LogP contribution in [0.4, 0.5) is 5.69 Å². The molecule has 20 heavy (non-hydrogen) atoms. The Morgan fingerprint density at radius 1 is 0.950 bits per heavy atom. The molecule has 4 nitrogen and oxygen atoms in total. The average Bonchev–Trinajstić information content (AvgIpc) is 2.89. The molecule has 0 saturated carbocycles. The maximum Gasteiger partial charge on any atom is 0.161 e. The molecule has 96 valence electrons. The van der Waals surface area contributed by atoms with Crippen LogP contribution in [0.3, 0.4) is 0 Å². The average molecular weight is 260 g/mol. The summed E-state index contributed by atoms with van der Waals surface area (Å²) in [6.45, 7) is 0. The van der Waals surface area contributed by atoms with Crippen molar-refractivity contribution in [3.05, 3.63) is 60.9 Å². The second-order valence-corrected chi connectivity index (χ2v) is 4.73. The fraction of sp³-hybridized carbons (Fsp3) is 0. The van der Waals surface area contributed by atoms with E-state index in [1.807, 2.05) is 47.3 Å². The van der Waals surface area contributed by atoms with Crippen LogP contribution in [0.1, 0.15) is 0 Å². The first kappa shape index (κ1) is 11.0. The highest BCUT2D eigenvalue weighted by Crippen LogP contribution is 2.24. The van der Waals surface area contributed by atoms with Crippen LogP contribution in [0.15, 0.2) is 60.9 Å². The number of nitrogens with two attached hydrogens (primary N) is 1. The third-order valence-corrected chi connectivity index (χ3v) is 3.45. The summed E-state index contributed by atoms with van der Waals surface area (Å²) in [6.07, 6.45) is 3.63. The molecule has 0 fully saturated rings. The summed E-state index contributed by atoms with van der Waals surface area (Å²) in [7, 11) is 0. The summed E-state index contributed by atoms with van der Waals surface area (Å²) in [5.41, 5.74) is 7.57. The molecule has 0 aliphatic rings. The molecule has 0 radical (unpaired) electrons. The lowest BCUT2D eigenvalue weighted by Crippen LogP contribution is -2.00. The number of nitrogen functional groups attached to an aromatic ring is 1. The molecule has 2 aromatic heterocycles. The minimum atomic E-state index is 0.722. The second-order valence-electron chi connectivity index (χ2n) is 4.73. The molecule has 2 heterocycles. The predicted octanol–water partition coefficient (Wildman–Crippen LogP) is 3.16. The molecule has 4 rings (SSSR count). The molecule has 0 unspecified atom stereocenters. The summed E-state index contributed by atoms with van der Waals surface area (Å²) < 4.78 is 1.84. The predicted molar refractivity (Wildman–Crippen MR) is 80.8 cm³/mol. The van der Waals surface area contributed by atoms with Gasteiger partial charge in [0.05, 0.1) is 11.7 Å². The third-order valence-electron chi connectivity index (χ3n) is 3.45. The highest BCUT2D eigenvalue weighted by molar-refractivity contribution is 5.91. The van der Waals surface area contributed by atoms with E-state index in [2.05, 4.69) is 22.2 Å². The van der Waals surface area contributed by atoms with Crippen molar-refractivity contribution in [3.8, 4) is 5.82 Å². The van der Waals surface area contributed by atoms with E-state index in [9.17, 15) is 0 Å². The Balaban J connectivity index is 2.09. The van der Waals surface area contributed by atoms with Gasteiger partial charge in [0, 0.05) is 22.7 Å². The number of pyridine rings is 1. The van der Waals surface area contributed by atoms with Gasteiger partial charge in [-0.1, -0.05) is 24.3 Å². The van der Waals surface area contributed by atoms with Crippen LogP contribution in [-0.4, -0.2) is 14.8 Å². The minimum absolute atomic E-state index is 0.722. The Hall–Kier alpha value is -2.88. The smallest absolute Gasteiger partial charge is 0.161 e. The van der Waals surface area contributed by atoms with E-state index in [0.29, 0.717) is 0 Å². The van der Waals surface area contributed by atoms with Crippen LogP contribution in [0.25, 0.3) is 27.5 Å². The number of benzene rings is 2. The fourth-order valence-corrected chi connectivity index (χ4v) is 2.48. The summed E-state index contributed by atoms with van der Waals surface area (Å²) in [4.78, 5) is 4.49. The van der Waals surface area contributed by atoms with Gasteiger partial charge in [-0.3, -0.25) is 0 Å². The summed E-state index contributed by atoms with van der Waals surface area (Å²) in [6, 6.07) is 15.9. The maximum absolute atomic E-state index is 5.88. The Labute approximate surface area is 115 Å². The highest BCUT2D eigenvalue weighted by atomic mass is 15.3. The van der Waals surface area contributed by atoms with Crippen LogP contribution < -0.4 is 5.73 Å². The number of aromatic nitrogens is 3. The van der Waals surface area contributed by atoms with Gasteiger partial charge in [0.1, 0.15) is 0 Å². The quantitative estimate of drug-likeness (QED) is 0.535. The van der Waals surface area contributed by atoms with Gasteiger partial charge in [-0.2, -0.15) is 5.10 Å². The van der Waals surface area contributed by atoms with Gasteiger partial charge in [0.25, 0.3) is 0 Å². The summed E-state index contributed by atoms with van der Waals surface area (Å²) in [5.74, 6) is 0.823. The second kappa shape index (κ2) is 4.06. The largest absolute Gasteiger partial charge is 0.399 e. The van der Waals surface area contributed by atoms with Gasteiger partial charge in [0.15, 0.2) is 5.82 Å². The number of rotatable bonds is 1. The monoisotopic (exact) mass is 260 g/mol. The van der Waals surface area contributed by atoms with Gasteiger partial charge in [-0.15, -0.1) is 0 Å². The molecule has 0 atom stereocenters. The molecule has 0 aliphatic heterocycles. The van der Waals surface area contributed by atoms with Gasteiger partial charge in [-0.05, 0) is 29.7 Å². The van der Waals surface area contributed by atoms with E-state index < -0.39 is 0 Å². The highest BCUT2D eigenvalue weighted by Gasteiger charge is 2.09. The standard InChI is InChI=1S/C16H12N4/c17-13-6-5-12-10-19-20(15(12)9-13)16-14-4-2-1-3-11(14)7-8-18-16/h1-10H,17H2. The maximum atomic E-state index is 5.88. The Kier molecular flexibility index (Phi) is 2.23. The van der Waals surface area contributed by atoms with Crippen molar-refractivity contribution in [3.63, 3.8) is 0 Å². The number of hydrogen-bond donors (Lipinski definition) is 1. The Morgan fingerprint density at radius 3 is 2.80 bits per heavy atom. The van der Waals surface area contributed by atoms with E-state index in [0.717, 1.165) is 33.2 Å². The van der Waals surface area contributed by atoms with Crippen LogP contribution in [0.2, 0.25) is 0 Å². The van der Waals surface area contributed by atoms with E-state index in [4.69, 9.17) is 5.73 Å². The fourth-order valence-electron chi connectivity index (χ4n) is 2.48. The third kappa shape index (κ3) is 1.55. The van der Waals surface area contributed by atoms with Crippen molar-refractivity contribution in [2.75, 3.05) is 5.73 Å². The number of nitrogens with zero attached hydrogens (tertiary/aromatic N) is 3. The van der Waals surface area contributed by atoms with E-state index >= 15 is 0 Å².